The first-order valence-corrected chi connectivity index (χ1v) is 6.51. The molecular formula is C15H16N4. The Morgan fingerprint density at radius 3 is 3.00 bits per heavy atom. The summed E-state index contributed by atoms with van der Waals surface area (Å²) in [5, 5.41) is 13.7. The number of anilines is 1. The van der Waals surface area contributed by atoms with E-state index >= 15 is 0 Å². The van der Waals surface area contributed by atoms with E-state index in [1.165, 1.54) is 0 Å². The van der Waals surface area contributed by atoms with Gasteiger partial charge in [-0.2, -0.15) is 5.26 Å². The molecule has 1 saturated heterocycles. The average Bonchev–Trinajstić information content (AvgIpc) is 2.83. The highest BCUT2D eigenvalue weighted by molar-refractivity contribution is 5.82. The molecule has 4 heteroatoms. The van der Waals surface area contributed by atoms with Crippen molar-refractivity contribution < 1.29 is 0 Å². The van der Waals surface area contributed by atoms with E-state index in [0.29, 0.717) is 17.4 Å². The summed E-state index contributed by atoms with van der Waals surface area (Å²) in [5.41, 5.74) is 1.55. The third kappa shape index (κ3) is 2.38. The first-order valence-electron chi connectivity index (χ1n) is 6.51. The number of pyridine rings is 1. The van der Waals surface area contributed by atoms with Crippen LogP contribution in [0.3, 0.4) is 0 Å². The van der Waals surface area contributed by atoms with E-state index in [1.807, 2.05) is 30.3 Å². The zero-order valence-electron chi connectivity index (χ0n) is 10.9. The summed E-state index contributed by atoms with van der Waals surface area (Å²) in [6.45, 7) is 2.09. The van der Waals surface area contributed by atoms with Crippen molar-refractivity contribution in [3.8, 4) is 6.07 Å². The fraction of sp³-hybridized carbons (Fsp3) is 0.333. The van der Waals surface area contributed by atoms with Gasteiger partial charge < -0.3 is 10.2 Å². The Hall–Kier alpha value is -2.12. The van der Waals surface area contributed by atoms with Gasteiger partial charge >= 0.3 is 0 Å². The van der Waals surface area contributed by atoms with Crippen LogP contribution in [0.15, 0.2) is 30.3 Å². The van der Waals surface area contributed by atoms with E-state index in [4.69, 9.17) is 0 Å². The van der Waals surface area contributed by atoms with Crippen molar-refractivity contribution in [2.24, 2.45) is 0 Å². The molecule has 3 rings (SSSR count). The van der Waals surface area contributed by atoms with Crippen molar-refractivity contribution in [2.75, 3.05) is 25.5 Å². The van der Waals surface area contributed by atoms with Crippen molar-refractivity contribution in [3.05, 3.63) is 35.9 Å². The maximum atomic E-state index is 9.26. The molecule has 19 heavy (non-hydrogen) atoms. The summed E-state index contributed by atoms with van der Waals surface area (Å²) in [5.74, 6) is 0.710. The number of rotatable bonds is 2. The largest absolute Gasteiger partial charge is 0.365 e. The summed E-state index contributed by atoms with van der Waals surface area (Å²) in [6.07, 6.45) is 1.09. The van der Waals surface area contributed by atoms with Gasteiger partial charge in [-0.25, -0.2) is 4.98 Å². The minimum Gasteiger partial charge on any atom is -0.365 e. The second-order valence-corrected chi connectivity index (χ2v) is 5.08. The minimum atomic E-state index is 0.380. The molecule has 0 spiro atoms. The maximum Gasteiger partial charge on any atom is 0.144 e. The van der Waals surface area contributed by atoms with Gasteiger partial charge in [-0.15, -0.1) is 0 Å². The smallest absolute Gasteiger partial charge is 0.144 e. The molecule has 0 saturated carbocycles. The van der Waals surface area contributed by atoms with Gasteiger partial charge in [-0.05, 0) is 32.1 Å². The monoisotopic (exact) mass is 252 g/mol. The molecule has 1 aromatic carbocycles. The number of para-hydroxylation sites is 1. The van der Waals surface area contributed by atoms with Gasteiger partial charge in [-0.3, -0.25) is 0 Å². The number of benzene rings is 1. The van der Waals surface area contributed by atoms with Crippen LogP contribution in [-0.4, -0.2) is 36.1 Å². The Labute approximate surface area is 112 Å². The van der Waals surface area contributed by atoms with Gasteiger partial charge in [0.1, 0.15) is 11.9 Å². The number of nitrogens with one attached hydrogen (secondary N) is 1. The van der Waals surface area contributed by atoms with Crippen molar-refractivity contribution >= 4 is 16.7 Å². The Morgan fingerprint density at radius 1 is 1.42 bits per heavy atom. The van der Waals surface area contributed by atoms with Crippen LogP contribution in [0.25, 0.3) is 10.9 Å². The molecule has 1 N–H and O–H groups in total. The fourth-order valence-corrected chi connectivity index (χ4v) is 2.56. The standard InChI is InChI=1S/C15H16N4/c1-19-7-6-13(10-19)17-15-12(9-16)8-11-4-2-3-5-14(11)18-15/h2-5,8,13H,6-7,10H2,1H3,(H,17,18). The van der Waals surface area contributed by atoms with E-state index in [1.54, 1.807) is 0 Å². The van der Waals surface area contributed by atoms with Crippen LogP contribution in [0.1, 0.15) is 12.0 Å². The quantitative estimate of drug-likeness (QED) is 0.890. The van der Waals surface area contributed by atoms with Gasteiger partial charge in [0.15, 0.2) is 0 Å². The highest BCUT2D eigenvalue weighted by Gasteiger charge is 2.20. The van der Waals surface area contributed by atoms with E-state index in [9.17, 15) is 5.26 Å². The van der Waals surface area contributed by atoms with Crippen molar-refractivity contribution in [3.63, 3.8) is 0 Å². The zero-order valence-corrected chi connectivity index (χ0v) is 10.9. The van der Waals surface area contributed by atoms with Crippen molar-refractivity contribution in [2.45, 2.75) is 12.5 Å². The molecule has 0 amide bonds. The lowest BCUT2D eigenvalue weighted by Crippen LogP contribution is -2.24. The van der Waals surface area contributed by atoms with Gasteiger partial charge in [0.05, 0.1) is 11.1 Å². The van der Waals surface area contributed by atoms with E-state index in [2.05, 4.69) is 28.3 Å². The Morgan fingerprint density at radius 2 is 2.26 bits per heavy atom. The SMILES string of the molecule is CN1CCC(Nc2nc3ccccc3cc2C#N)C1. The molecule has 1 unspecified atom stereocenters. The molecule has 1 aromatic heterocycles. The summed E-state index contributed by atoms with van der Waals surface area (Å²) >= 11 is 0. The molecule has 0 radical (unpaired) electrons. The summed E-state index contributed by atoms with van der Waals surface area (Å²) < 4.78 is 0. The highest BCUT2D eigenvalue weighted by Crippen LogP contribution is 2.22. The van der Waals surface area contributed by atoms with E-state index in [0.717, 1.165) is 30.4 Å². The molecule has 1 aliphatic rings. The Bertz CT molecular complexity index is 644. The molecule has 1 fully saturated rings. The van der Waals surface area contributed by atoms with Crippen LogP contribution in [0.5, 0.6) is 0 Å². The van der Waals surface area contributed by atoms with Gasteiger partial charge in [-0.1, -0.05) is 18.2 Å². The fourth-order valence-electron chi connectivity index (χ4n) is 2.56. The Balaban J connectivity index is 1.95. The van der Waals surface area contributed by atoms with Gasteiger partial charge in [0, 0.05) is 18.0 Å². The second kappa shape index (κ2) is 4.87. The number of aromatic nitrogens is 1. The molecule has 4 nitrogen and oxygen atoms in total. The minimum absolute atomic E-state index is 0.380. The van der Waals surface area contributed by atoms with Crippen LogP contribution in [0, 0.1) is 11.3 Å². The number of likely N-dealkylation sites (N-methyl/N-ethyl adjacent to an activating group) is 1. The van der Waals surface area contributed by atoms with Crippen LogP contribution in [0.4, 0.5) is 5.82 Å². The van der Waals surface area contributed by atoms with Gasteiger partial charge in [0.25, 0.3) is 0 Å². The van der Waals surface area contributed by atoms with E-state index < -0.39 is 0 Å². The van der Waals surface area contributed by atoms with E-state index in [-0.39, 0.29) is 0 Å². The highest BCUT2D eigenvalue weighted by atomic mass is 15.2. The van der Waals surface area contributed by atoms with Crippen LogP contribution in [0.2, 0.25) is 0 Å². The predicted octanol–water partition coefficient (Wildman–Crippen LogP) is 2.22. The second-order valence-electron chi connectivity index (χ2n) is 5.08. The molecule has 96 valence electrons. The molecule has 0 bridgehead atoms. The molecule has 1 aliphatic heterocycles. The topological polar surface area (TPSA) is 52.0 Å². The molecule has 1 atom stereocenters. The molecular weight excluding hydrogens is 236 g/mol. The third-order valence-electron chi connectivity index (χ3n) is 3.58. The molecule has 0 aliphatic carbocycles. The van der Waals surface area contributed by atoms with Crippen molar-refractivity contribution in [1.82, 2.24) is 9.88 Å². The number of likely N-dealkylation sites (tertiary alicyclic amines) is 1. The summed E-state index contributed by atoms with van der Waals surface area (Å²) in [6, 6.07) is 12.4. The predicted molar refractivity (Wildman–Crippen MR) is 76.0 cm³/mol. The number of nitrogens with zero attached hydrogens (tertiary/aromatic N) is 3. The first kappa shape index (κ1) is 11.9. The normalized spacial score (nSPS) is 19.5. The average molecular weight is 252 g/mol. The van der Waals surface area contributed by atoms with Crippen molar-refractivity contribution in [1.29, 1.82) is 5.26 Å². The number of hydrogen-bond donors (Lipinski definition) is 1. The zero-order chi connectivity index (χ0) is 13.2. The van der Waals surface area contributed by atoms with Crippen LogP contribution in [-0.2, 0) is 0 Å². The first-order chi connectivity index (χ1) is 9.26. The number of nitriles is 1. The number of hydrogen-bond acceptors (Lipinski definition) is 4. The number of fused-ring (bicyclic) bond motifs is 1. The third-order valence-corrected chi connectivity index (χ3v) is 3.58. The summed E-state index contributed by atoms with van der Waals surface area (Å²) in [4.78, 5) is 6.86. The summed E-state index contributed by atoms with van der Waals surface area (Å²) in [7, 11) is 2.11. The molecule has 2 heterocycles. The Kier molecular flexibility index (Phi) is 3.06. The van der Waals surface area contributed by atoms with Gasteiger partial charge in [0.2, 0.25) is 0 Å². The lowest BCUT2D eigenvalue weighted by Gasteiger charge is -2.15. The maximum absolute atomic E-state index is 9.26. The van der Waals surface area contributed by atoms with Crippen LogP contribution < -0.4 is 5.32 Å². The molecule has 2 aromatic rings. The lowest BCUT2D eigenvalue weighted by molar-refractivity contribution is 0.414. The lowest BCUT2D eigenvalue weighted by atomic mass is 10.1. The van der Waals surface area contributed by atoms with Crippen LogP contribution >= 0.6 is 0 Å².